The molecule has 3 N–H and O–H groups in total. The summed E-state index contributed by atoms with van der Waals surface area (Å²) < 4.78 is 31.2. The number of piperidine rings is 1. The van der Waals surface area contributed by atoms with E-state index in [4.69, 9.17) is 10.5 Å². The summed E-state index contributed by atoms with van der Waals surface area (Å²) in [6, 6.07) is 0.00466. The van der Waals surface area contributed by atoms with Crippen molar-refractivity contribution in [3.8, 4) is 0 Å². The molecule has 1 aliphatic heterocycles. The third-order valence-electron chi connectivity index (χ3n) is 3.82. The molecule has 0 bridgehead atoms. The molecule has 8 heteroatoms. The highest BCUT2D eigenvalue weighted by atomic mass is 32.2. The quantitative estimate of drug-likeness (QED) is 0.646. The van der Waals surface area contributed by atoms with E-state index in [2.05, 4.69) is 11.6 Å². The minimum absolute atomic E-state index is 0.00466. The van der Waals surface area contributed by atoms with E-state index in [0.717, 1.165) is 12.8 Å². The van der Waals surface area contributed by atoms with E-state index in [0.29, 0.717) is 19.0 Å². The molecule has 22 heavy (non-hydrogen) atoms. The second-order valence-electron chi connectivity index (χ2n) is 6.17. The Bertz CT molecular complexity index is 453. The predicted molar refractivity (Wildman–Crippen MR) is 85.8 cm³/mol. The molecule has 1 rings (SSSR count). The molecular weight excluding hydrogens is 306 g/mol. The molecule has 7 nitrogen and oxygen atoms in total. The van der Waals surface area contributed by atoms with Crippen LogP contribution in [-0.4, -0.2) is 63.4 Å². The Hall–Kier alpha value is -0.700. The maximum absolute atomic E-state index is 12.2. The number of ether oxygens (including phenoxy) is 1. The monoisotopic (exact) mass is 335 g/mol. The topological polar surface area (TPSA) is 102 Å². The lowest BCUT2D eigenvalue weighted by molar-refractivity contribution is -0.134. The molecule has 0 aromatic rings. The third-order valence-corrected chi connectivity index (χ3v) is 5.11. The predicted octanol–water partition coefficient (Wildman–Crippen LogP) is -0.0834. The van der Waals surface area contributed by atoms with Crippen LogP contribution in [0.5, 0.6) is 0 Å². The molecule has 0 radical (unpaired) electrons. The van der Waals surface area contributed by atoms with E-state index >= 15 is 0 Å². The number of nitrogens with zero attached hydrogens (tertiary/aromatic N) is 1. The van der Waals surface area contributed by atoms with Gasteiger partial charge < -0.3 is 15.4 Å². The maximum atomic E-state index is 12.2. The SMILES string of the molecule is CC1CCN(C(=O)CNS(=O)(=O)CCOC(C)C)C(CN)C1. The molecule has 1 fully saturated rings. The Morgan fingerprint density at radius 2 is 2.14 bits per heavy atom. The number of carbonyl (C=O) groups is 1. The first-order valence-corrected chi connectivity index (χ1v) is 9.49. The van der Waals surface area contributed by atoms with Crippen molar-refractivity contribution < 1.29 is 17.9 Å². The van der Waals surface area contributed by atoms with Crippen LogP contribution >= 0.6 is 0 Å². The van der Waals surface area contributed by atoms with Gasteiger partial charge in [-0.15, -0.1) is 0 Å². The normalized spacial score (nSPS) is 23.0. The lowest BCUT2D eigenvalue weighted by Crippen LogP contribution is -2.52. The van der Waals surface area contributed by atoms with Gasteiger partial charge in [-0.05, 0) is 32.6 Å². The highest BCUT2D eigenvalue weighted by molar-refractivity contribution is 7.89. The number of carbonyl (C=O) groups excluding carboxylic acids is 1. The van der Waals surface area contributed by atoms with E-state index < -0.39 is 10.0 Å². The average molecular weight is 335 g/mol. The van der Waals surface area contributed by atoms with Crippen molar-refractivity contribution >= 4 is 15.9 Å². The van der Waals surface area contributed by atoms with Crippen molar-refractivity contribution in [1.29, 1.82) is 0 Å². The number of sulfonamides is 1. The molecule has 2 atom stereocenters. The second-order valence-corrected chi connectivity index (χ2v) is 8.09. The summed E-state index contributed by atoms with van der Waals surface area (Å²) in [5.74, 6) is 0.189. The van der Waals surface area contributed by atoms with E-state index in [1.165, 1.54) is 0 Å². The van der Waals surface area contributed by atoms with Crippen LogP contribution in [0.2, 0.25) is 0 Å². The fraction of sp³-hybridized carbons (Fsp3) is 0.929. The molecule has 0 aromatic carbocycles. The Morgan fingerprint density at radius 1 is 1.45 bits per heavy atom. The highest BCUT2D eigenvalue weighted by Crippen LogP contribution is 2.21. The average Bonchev–Trinajstić information content (AvgIpc) is 2.44. The fourth-order valence-electron chi connectivity index (χ4n) is 2.54. The summed E-state index contributed by atoms with van der Waals surface area (Å²) in [5.41, 5.74) is 5.72. The molecule has 1 saturated heterocycles. The van der Waals surface area contributed by atoms with Crippen LogP contribution in [-0.2, 0) is 19.6 Å². The number of hydrogen-bond donors (Lipinski definition) is 2. The zero-order chi connectivity index (χ0) is 16.8. The third kappa shape index (κ3) is 6.60. The van der Waals surface area contributed by atoms with Gasteiger partial charge in [0.15, 0.2) is 0 Å². The Morgan fingerprint density at radius 3 is 2.73 bits per heavy atom. The van der Waals surface area contributed by atoms with E-state index in [1.807, 2.05) is 13.8 Å². The van der Waals surface area contributed by atoms with E-state index in [9.17, 15) is 13.2 Å². The molecular formula is C14H29N3O4S. The molecule has 0 aromatic heterocycles. The summed E-state index contributed by atoms with van der Waals surface area (Å²) in [5, 5.41) is 0. The van der Waals surface area contributed by atoms with Crippen LogP contribution in [0.1, 0.15) is 33.6 Å². The highest BCUT2D eigenvalue weighted by Gasteiger charge is 2.29. The van der Waals surface area contributed by atoms with Crippen LogP contribution in [0.3, 0.4) is 0 Å². The number of nitrogens with two attached hydrogens (primary N) is 1. The Labute approximate surface area is 133 Å². The zero-order valence-electron chi connectivity index (χ0n) is 13.7. The Balaban J connectivity index is 2.44. The minimum atomic E-state index is -3.50. The molecule has 0 spiro atoms. The molecule has 1 aliphatic rings. The fourth-order valence-corrected chi connectivity index (χ4v) is 3.35. The standard InChI is InChI=1S/C14H29N3O4S/c1-11(2)21-6-7-22(19,20)16-10-14(18)17-5-4-12(3)8-13(17)9-15/h11-13,16H,4-10,15H2,1-3H3. The molecule has 130 valence electrons. The van der Waals surface area contributed by atoms with Gasteiger partial charge in [-0.25, -0.2) is 13.1 Å². The van der Waals surface area contributed by atoms with Crippen molar-refractivity contribution in [1.82, 2.24) is 9.62 Å². The second kappa shape index (κ2) is 8.81. The van der Waals surface area contributed by atoms with Crippen LogP contribution in [0, 0.1) is 5.92 Å². The first-order valence-electron chi connectivity index (χ1n) is 7.83. The van der Waals surface area contributed by atoms with Gasteiger partial charge in [0.2, 0.25) is 15.9 Å². The summed E-state index contributed by atoms with van der Waals surface area (Å²) >= 11 is 0. The zero-order valence-corrected chi connectivity index (χ0v) is 14.6. The van der Waals surface area contributed by atoms with Crippen LogP contribution in [0.4, 0.5) is 0 Å². The molecule has 1 heterocycles. The largest absolute Gasteiger partial charge is 0.378 e. The van der Waals surface area contributed by atoms with E-state index in [1.54, 1.807) is 4.90 Å². The number of hydrogen-bond acceptors (Lipinski definition) is 5. The van der Waals surface area contributed by atoms with Gasteiger partial charge in [0.25, 0.3) is 0 Å². The minimum Gasteiger partial charge on any atom is -0.378 e. The van der Waals surface area contributed by atoms with Gasteiger partial charge >= 0.3 is 0 Å². The molecule has 1 amide bonds. The molecule has 0 aliphatic carbocycles. The summed E-state index contributed by atoms with van der Waals surface area (Å²) in [6.07, 6.45) is 1.78. The first kappa shape index (κ1) is 19.3. The van der Waals surface area contributed by atoms with Crippen LogP contribution in [0.25, 0.3) is 0 Å². The van der Waals surface area contributed by atoms with Crippen LogP contribution < -0.4 is 10.5 Å². The van der Waals surface area contributed by atoms with E-state index in [-0.39, 0.29) is 37.0 Å². The van der Waals surface area contributed by atoms with Gasteiger partial charge in [0, 0.05) is 19.1 Å². The van der Waals surface area contributed by atoms with Crippen molar-refractivity contribution in [3.05, 3.63) is 0 Å². The van der Waals surface area contributed by atoms with Crippen molar-refractivity contribution in [2.24, 2.45) is 11.7 Å². The van der Waals surface area contributed by atoms with Crippen molar-refractivity contribution in [3.63, 3.8) is 0 Å². The van der Waals surface area contributed by atoms with Gasteiger partial charge in [0.1, 0.15) is 0 Å². The van der Waals surface area contributed by atoms with Crippen LogP contribution in [0.15, 0.2) is 0 Å². The first-order chi connectivity index (χ1) is 10.2. The number of likely N-dealkylation sites (tertiary alicyclic amines) is 1. The van der Waals surface area contributed by atoms with Gasteiger partial charge in [-0.2, -0.15) is 0 Å². The molecule has 2 unspecified atom stereocenters. The lowest BCUT2D eigenvalue weighted by atomic mass is 9.92. The summed E-state index contributed by atoms with van der Waals surface area (Å²) in [4.78, 5) is 13.9. The van der Waals surface area contributed by atoms with Crippen molar-refractivity contribution in [2.75, 3.05) is 32.0 Å². The lowest BCUT2D eigenvalue weighted by Gasteiger charge is -2.38. The maximum Gasteiger partial charge on any atom is 0.237 e. The Kier molecular flexibility index (Phi) is 7.75. The van der Waals surface area contributed by atoms with Gasteiger partial charge in [-0.3, -0.25) is 4.79 Å². The van der Waals surface area contributed by atoms with Crippen molar-refractivity contribution in [2.45, 2.75) is 45.8 Å². The number of amides is 1. The van der Waals surface area contributed by atoms with Gasteiger partial charge in [-0.1, -0.05) is 6.92 Å². The summed E-state index contributed by atoms with van der Waals surface area (Å²) in [6.45, 7) is 6.78. The molecule has 0 saturated carbocycles. The number of nitrogens with one attached hydrogen (secondary N) is 1. The number of rotatable bonds is 8. The smallest absolute Gasteiger partial charge is 0.237 e. The van der Waals surface area contributed by atoms with Gasteiger partial charge in [0.05, 0.1) is 25.0 Å². The summed E-state index contributed by atoms with van der Waals surface area (Å²) in [7, 11) is -3.50.